The van der Waals surface area contributed by atoms with Crippen molar-refractivity contribution in [1.82, 2.24) is 4.98 Å². The Kier molecular flexibility index (Phi) is 4.95. The van der Waals surface area contributed by atoms with Crippen molar-refractivity contribution in [2.45, 2.75) is 6.92 Å². The van der Waals surface area contributed by atoms with Crippen LogP contribution in [0.1, 0.15) is 5.69 Å². The maximum Gasteiger partial charge on any atom is 0.323 e. The second kappa shape index (κ2) is 7.49. The monoisotopic (exact) mass is 333 g/mol. The molecular formula is C20H19N3O2. The van der Waals surface area contributed by atoms with Gasteiger partial charge in [-0.05, 0) is 54.4 Å². The third-order valence-electron chi connectivity index (χ3n) is 3.73. The minimum atomic E-state index is -0.322. The maximum atomic E-state index is 12.2. The highest BCUT2D eigenvalue weighted by atomic mass is 16.5. The average Bonchev–Trinajstić information content (AvgIpc) is 2.63. The van der Waals surface area contributed by atoms with Crippen molar-refractivity contribution in [3.8, 4) is 16.9 Å². The third-order valence-corrected chi connectivity index (χ3v) is 3.73. The van der Waals surface area contributed by atoms with E-state index in [2.05, 4.69) is 15.6 Å². The van der Waals surface area contributed by atoms with Gasteiger partial charge < -0.3 is 15.4 Å². The van der Waals surface area contributed by atoms with Crippen LogP contribution in [0.2, 0.25) is 0 Å². The number of pyridine rings is 1. The van der Waals surface area contributed by atoms with E-state index in [-0.39, 0.29) is 6.03 Å². The van der Waals surface area contributed by atoms with Gasteiger partial charge in [0.05, 0.1) is 12.8 Å². The van der Waals surface area contributed by atoms with Crippen molar-refractivity contribution >= 4 is 17.4 Å². The lowest BCUT2D eigenvalue weighted by Crippen LogP contribution is -2.19. The van der Waals surface area contributed by atoms with Crippen LogP contribution in [0.5, 0.6) is 5.75 Å². The number of hydrogen-bond donors (Lipinski definition) is 2. The summed E-state index contributed by atoms with van der Waals surface area (Å²) < 4.78 is 5.22. The molecule has 0 fully saturated rings. The van der Waals surface area contributed by atoms with Crippen LogP contribution in [0.15, 0.2) is 66.9 Å². The van der Waals surface area contributed by atoms with E-state index < -0.39 is 0 Å². The van der Waals surface area contributed by atoms with Gasteiger partial charge in [-0.1, -0.05) is 24.3 Å². The van der Waals surface area contributed by atoms with E-state index in [1.165, 1.54) is 0 Å². The highest BCUT2D eigenvalue weighted by molar-refractivity contribution is 6.00. The number of benzene rings is 2. The molecule has 1 aromatic heterocycles. The Hall–Kier alpha value is -3.34. The predicted molar refractivity (Wildman–Crippen MR) is 100 cm³/mol. The molecule has 25 heavy (non-hydrogen) atoms. The van der Waals surface area contributed by atoms with E-state index in [4.69, 9.17) is 4.74 Å². The van der Waals surface area contributed by atoms with Crippen LogP contribution in [-0.4, -0.2) is 18.1 Å². The summed E-state index contributed by atoms with van der Waals surface area (Å²) in [5, 5.41) is 5.59. The summed E-state index contributed by atoms with van der Waals surface area (Å²) >= 11 is 0. The first-order chi connectivity index (χ1) is 12.2. The highest BCUT2D eigenvalue weighted by Gasteiger charge is 2.07. The summed E-state index contributed by atoms with van der Waals surface area (Å²) in [6, 6.07) is 18.6. The number of rotatable bonds is 4. The molecule has 2 amide bonds. The Morgan fingerprint density at radius 3 is 2.44 bits per heavy atom. The van der Waals surface area contributed by atoms with Gasteiger partial charge in [0.2, 0.25) is 0 Å². The lowest BCUT2D eigenvalue weighted by molar-refractivity contribution is 0.262. The molecule has 5 heteroatoms. The van der Waals surface area contributed by atoms with Gasteiger partial charge in [-0.2, -0.15) is 0 Å². The number of nitrogens with one attached hydrogen (secondary N) is 2. The first-order valence-corrected chi connectivity index (χ1v) is 7.90. The number of aryl methyl sites for hydroxylation is 1. The number of para-hydroxylation sites is 2. The molecule has 0 spiro atoms. The number of hydrogen-bond acceptors (Lipinski definition) is 3. The fourth-order valence-electron chi connectivity index (χ4n) is 2.50. The fourth-order valence-corrected chi connectivity index (χ4v) is 2.50. The molecule has 1 heterocycles. The highest BCUT2D eigenvalue weighted by Crippen LogP contribution is 2.24. The molecule has 0 aliphatic heterocycles. The number of ether oxygens (including phenoxy) is 1. The van der Waals surface area contributed by atoms with E-state index in [1.54, 1.807) is 25.4 Å². The number of nitrogens with zero attached hydrogens (tertiary/aromatic N) is 1. The summed E-state index contributed by atoms with van der Waals surface area (Å²) in [5.41, 5.74) is 4.46. The van der Waals surface area contributed by atoms with Crippen molar-refractivity contribution < 1.29 is 9.53 Å². The maximum absolute atomic E-state index is 12.2. The van der Waals surface area contributed by atoms with Gasteiger partial charge in [-0.25, -0.2) is 4.79 Å². The van der Waals surface area contributed by atoms with Crippen LogP contribution in [0.3, 0.4) is 0 Å². The van der Waals surface area contributed by atoms with Crippen LogP contribution in [0.4, 0.5) is 16.2 Å². The normalized spacial score (nSPS) is 10.2. The van der Waals surface area contributed by atoms with Gasteiger partial charge in [0, 0.05) is 17.6 Å². The minimum absolute atomic E-state index is 0.322. The van der Waals surface area contributed by atoms with E-state index in [1.807, 2.05) is 55.5 Å². The molecule has 0 unspecified atom stereocenters. The Balaban J connectivity index is 1.68. The number of aromatic nitrogens is 1. The smallest absolute Gasteiger partial charge is 0.323 e. The second-order valence-electron chi connectivity index (χ2n) is 5.54. The summed E-state index contributed by atoms with van der Waals surface area (Å²) in [5.74, 6) is 0.612. The molecule has 2 aromatic carbocycles. The molecule has 3 rings (SSSR count). The molecule has 0 aliphatic rings. The van der Waals surface area contributed by atoms with Crippen LogP contribution >= 0.6 is 0 Å². The van der Waals surface area contributed by atoms with Crippen molar-refractivity contribution in [3.05, 3.63) is 72.6 Å². The van der Waals surface area contributed by atoms with E-state index >= 15 is 0 Å². The Morgan fingerprint density at radius 2 is 1.72 bits per heavy atom. The first-order valence-electron chi connectivity index (χ1n) is 7.90. The lowest BCUT2D eigenvalue weighted by atomic mass is 10.1. The van der Waals surface area contributed by atoms with E-state index in [0.29, 0.717) is 17.1 Å². The predicted octanol–water partition coefficient (Wildman–Crippen LogP) is 4.71. The number of carbonyl (C=O) groups excluding carboxylic acids is 1. The largest absolute Gasteiger partial charge is 0.495 e. The average molecular weight is 333 g/mol. The summed E-state index contributed by atoms with van der Waals surface area (Å²) in [4.78, 5) is 16.4. The van der Waals surface area contributed by atoms with E-state index in [0.717, 1.165) is 16.8 Å². The summed E-state index contributed by atoms with van der Waals surface area (Å²) in [6.45, 7) is 1.96. The molecule has 5 nitrogen and oxygen atoms in total. The fraction of sp³-hybridized carbons (Fsp3) is 0.100. The molecule has 126 valence electrons. The lowest BCUT2D eigenvalue weighted by Gasteiger charge is -2.11. The van der Waals surface area contributed by atoms with Crippen LogP contribution in [0, 0.1) is 6.92 Å². The van der Waals surface area contributed by atoms with Crippen LogP contribution in [0.25, 0.3) is 11.1 Å². The van der Waals surface area contributed by atoms with Gasteiger partial charge in [0.15, 0.2) is 0 Å². The number of carbonyl (C=O) groups is 1. The number of urea groups is 1. The Labute approximate surface area is 146 Å². The van der Waals surface area contributed by atoms with E-state index in [9.17, 15) is 4.79 Å². The second-order valence-corrected chi connectivity index (χ2v) is 5.54. The molecule has 3 aromatic rings. The molecule has 0 aliphatic carbocycles. The Morgan fingerprint density at radius 1 is 0.960 bits per heavy atom. The zero-order chi connectivity index (χ0) is 17.6. The van der Waals surface area contributed by atoms with Gasteiger partial charge >= 0.3 is 6.03 Å². The summed E-state index contributed by atoms with van der Waals surface area (Å²) in [6.07, 6.45) is 1.79. The zero-order valence-corrected chi connectivity index (χ0v) is 14.1. The van der Waals surface area contributed by atoms with Gasteiger partial charge in [0.1, 0.15) is 5.75 Å². The van der Waals surface area contributed by atoms with Gasteiger partial charge in [0.25, 0.3) is 0 Å². The first kappa shape index (κ1) is 16.5. The van der Waals surface area contributed by atoms with Crippen molar-refractivity contribution in [3.63, 3.8) is 0 Å². The molecular weight excluding hydrogens is 314 g/mol. The SMILES string of the molecule is COc1ccccc1NC(=O)Nc1ccc(-c2ccnc(C)c2)cc1. The third kappa shape index (κ3) is 4.14. The quantitative estimate of drug-likeness (QED) is 0.727. The molecule has 0 saturated carbocycles. The standard InChI is InChI=1S/C20H19N3O2/c1-14-13-16(11-12-21-14)15-7-9-17(10-8-15)22-20(24)23-18-5-3-4-6-19(18)25-2/h3-13H,1-2H3,(H2,22,23,24). The zero-order valence-electron chi connectivity index (χ0n) is 14.1. The topological polar surface area (TPSA) is 63.2 Å². The minimum Gasteiger partial charge on any atom is -0.495 e. The number of anilines is 2. The molecule has 0 bridgehead atoms. The van der Waals surface area contributed by atoms with Crippen LogP contribution in [-0.2, 0) is 0 Å². The Bertz CT molecular complexity index is 876. The molecule has 0 atom stereocenters. The van der Waals surface area contributed by atoms with Gasteiger partial charge in [-0.15, -0.1) is 0 Å². The van der Waals surface area contributed by atoms with Crippen molar-refractivity contribution in [2.75, 3.05) is 17.7 Å². The number of methoxy groups -OCH3 is 1. The van der Waals surface area contributed by atoms with Crippen LogP contribution < -0.4 is 15.4 Å². The molecule has 0 radical (unpaired) electrons. The molecule has 2 N–H and O–H groups in total. The van der Waals surface area contributed by atoms with Crippen molar-refractivity contribution in [1.29, 1.82) is 0 Å². The summed E-state index contributed by atoms with van der Waals surface area (Å²) in [7, 11) is 1.57. The van der Waals surface area contributed by atoms with Crippen molar-refractivity contribution in [2.24, 2.45) is 0 Å². The van der Waals surface area contributed by atoms with Gasteiger partial charge in [-0.3, -0.25) is 4.98 Å². The number of amides is 2. The molecule has 0 saturated heterocycles.